The van der Waals surface area contributed by atoms with Crippen LogP contribution in [-0.2, 0) is 27.8 Å². The van der Waals surface area contributed by atoms with E-state index in [1.54, 1.807) is 41.3 Å². The molecule has 0 spiro atoms. The molecule has 0 saturated carbocycles. The first-order valence-corrected chi connectivity index (χ1v) is 13.7. The molecule has 172 valence electrons. The van der Waals surface area contributed by atoms with E-state index >= 15 is 0 Å². The molecule has 0 N–H and O–H groups in total. The summed E-state index contributed by atoms with van der Waals surface area (Å²) in [5.41, 5.74) is 2.63. The zero-order valence-electron chi connectivity index (χ0n) is 17.7. The van der Waals surface area contributed by atoms with Crippen LogP contribution < -0.4 is 4.90 Å². The molecular formula is C24H21Br2ClN2O3S. The van der Waals surface area contributed by atoms with Gasteiger partial charge in [-0.1, -0.05) is 55.6 Å². The molecule has 1 heterocycles. The molecule has 0 saturated heterocycles. The number of hydrogen-bond donors (Lipinski definition) is 0. The summed E-state index contributed by atoms with van der Waals surface area (Å²) in [5.74, 6) is -0.266. The van der Waals surface area contributed by atoms with Gasteiger partial charge in [-0.05, 0) is 79.1 Å². The van der Waals surface area contributed by atoms with Crippen LogP contribution in [0.2, 0.25) is 5.02 Å². The molecule has 4 rings (SSSR count). The number of carbonyl (C=O) groups is 1. The lowest BCUT2D eigenvalue weighted by atomic mass is 10.1. The van der Waals surface area contributed by atoms with Crippen LogP contribution in [0.4, 0.5) is 5.69 Å². The fourth-order valence-corrected chi connectivity index (χ4v) is 6.16. The Morgan fingerprint density at radius 2 is 1.67 bits per heavy atom. The second-order valence-corrected chi connectivity index (χ2v) is 12.1. The van der Waals surface area contributed by atoms with Crippen LogP contribution in [0, 0.1) is 0 Å². The highest BCUT2D eigenvalue weighted by Gasteiger charge is 2.34. The van der Waals surface area contributed by atoms with Crippen molar-refractivity contribution in [2.75, 3.05) is 11.4 Å². The minimum absolute atomic E-state index is 0.0523. The minimum Gasteiger partial charge on any atom is -0.308 e. The lowest BCUT2D eigenvalue weighted by Crippen LogP contribution is -2.44. The molecule has 0 bridgehead atoms. The summed E-state index contributed by atoms with van der Waals surface area (Å²) in [6, 6.07) is 19.1. The Morgan fingerprint density at radius 3 is 2.33 bits per heavy atom. The number of carbonyl (C=O) groups excluding carboxylic acids is 1. The van der Waals surface area contributed by atoms with Gasteiger partial charge in [0.15, 0.2) is 0 Å². The third-order valence-corrected chi connectivity index (χ3v) is 8.64. The lowest BCUT2D eigenvalue weighted by Gasteiger charge is -2.27. The van der Waals surface area contributed by atoms with E-state index in [1.165, 1.54) is 16.4 Å². The number of hydrogen-bond acceptors (Lipinski definition) is 3. The number of benzene rings is 3. The van der Waals surface area contributed by atoms with Gasteiger partial charge in [-0.25, -0.2) is 8.42 Å². The van der Waals surface area contributed by atoms with Crippen molar-refractivity contribution in [2.24, 2.45) is 0 Å². The van der Waals surface area contributed by atoms with Crippen molar-refractivity contribution in [3.8, 4) is 0 Å². The molecule has 0 radical (unpaired) electrons. The molecule has 1 aliphatic rings. The fraction of sp³-hybridized carbons (Fsp3) is 0.208. The van der Waals surface area contributed by atoms with Crippen LogP contribution in [0.1, 0.15) is 18.1 Å². The van der Waals surface area contributed by atoms with Crippen molar-refractivity contribution in [3.63, 3.8) is 0 Å². The summed E-state index contributed by atoms with van der Waals surface area (Å²) in [6.07, 6.45) is 0.719. The zero-order valence-corrected chi connectivity index (χ0v) is 22.5. The maximum absolute atomic E-state index is 13.5. The van der Waals surface area contributed by atoms with Crippen LogP contribution in [-0.4, -0.2) is 31.2 Å². The van der Waals surface area contributed by atoms with Gasteiger partial charge < -0.3 is 4.90 Å². The molecule has 0 aliphatic carbocycles. The summed E-state index contributed by atoms with van der Waals surface area (Å²) in [5, 5.41) is 0.561. The van der Waals surface area contributed by atoms with E-state index in [9.17, 15) is 13.2 Å². The number of anilines is 1. The van der Waals surface area contributed by atoms with Gasteiger partial charge in [0.25, 0.3) is 0 Å². The molecule has 0 fully saturated rings. The predicted molar refractivity (Wildman–Crippen MR) is 138 cm³/mol. The van der Waals surface area contributed by atoms with Gasteiger partial charge >= 0.3 is 0 Å². The summed E-state index contributed by atoms with van der Waals surface area (Å²) in [4.78, 5) is 15.3. The van der Waals surface area contributed by atoms with E-state index in [0.29, 0.717) is 5.02 Å². The number of amides is 1. The summed E-state index contributed by atoms with van der Waals surface area (Å²) < 4.78 is 30.0. The highest BCUT2D eigenvalue weighted by atomic mass is 79.9. The van der Waals surface area contributed by atoms with Crippen LogP contribution in [0.15, 0.2) is 80.6 Å². The molecule has 1 amide bonds. The first kappa shape index (κ1) is 24.4. The number of sulfonamides is 1. The number of nitrogens with zero attached hydrogens (tertiary/aromatic N) is 2. The normalized spacial score (nSPS) is 15.7. The molecule has 9 heteroatoms. The van der Waals surface area contributed by atoms with Crippen molar-refractivity contribution >= 4 is 65.1 Å². The third kappa shape index (κ3) is 5.35. The molecule has 3 aromatic rings. The Hall–Kier alpha value is -1.71. The van der Waals surface area contributed by atoms with Crippen LogP contribution >= 0.6 is 43.5 Å². The van der Waals surface area contributed by atoms with Crippen molar-refractivity contribution in [3.05, 3.63) is 91.8 Å². The van der Waals surface area contributed by atoms with Gasteiger partial charge in [-0.2, -0.15) is 4.31 Å². The van der Waals surface area contributed by atoms with E-state index < -0.39 is 10.0 Å². The Balaban J connectivity index is 1.67. The van der Waals surface area contributed by atoms with Gasteiger partial charge in [0.05, 0.1) is 11.4 Å². The topological polar surface area (TPSA) is 57.7 Å². The molecule has 3 aromatic carbocycles. The zero-order chi connectivity index (χ0) is 23.8. The van der Waals surface area contributed by atoms with Crippen LogP contribution in [0.5, 0.6) is 0 Å². The van der Waals surface area contributed by atoms with Gasteiger partial charge in [-0.15, -0.1) is 0 Å². The largest absolute Gasteiger partial charge is 0.308 e. The first-order valence-electron chi connectivity index (χ1n) is 10.3. The third-order valence-electron chi connectivity index (χ3n) is 5.56. The molecule has 1 atom stereocenters. The standard InChI is InChI=1S/C24H21Br2ClN2O3S/c1-16-12-18-13-20(26)6-11-23(18)29(16)24(30)15-28(14-17-2-7-21(27)8-3-17)33(31,32)22-9-4-19(25)5-10-22/h2-11,13,16H,12,14-15H2,1H3. The lowest BCUT2D eigenvalue weighted by molar-refractivity contribution is -0.119. The number of fused-ring (bicyclic) bond motifs is 1. The van der Waals surface area contributed by atoms with Crippen LogP contribution in [0.3, 0.4) is 0 Å². The van der Waals surface area contributed by atoms with Crippen molar-refractivity contribution < 1.29 is 13.2 Å². The minimum atomic E-state index is -3.93. The van der Waals surface area contributed by atoms with Crippen molar-refractivity contribution in [1.82, 2.24) is 4.31 Å². The molecule has 1 unspecified atom stereocenters. The first-order chi connectivity index (χ1) is 15.6. The predicted octanol–water partition coefficient (Wildman–Crippen LogP) is 6.03. The van der Waals surface area contributed by atoms with Gasteiger partial charge in [0.1, 0.15) is 0 Å². The highest BCUT2D eigenvalue weighted by Crippen LogP contribution is 2.34. The molecule has 1 aliphatic heterocycles. The van der Waals surface area contributed by atoms with Crippen molar-refractivity contribution in [2.45, 2.75) is 30.8 Å². The average molecular weight is 613 g/mol. The molecule has 33 heavy (non-hydrogen) atoms. The second kappa shape index (κ2) is 9.88. The van der Waals surface area contributed by atoms with E-state index in [-0.39, 0.29) is 29.9 Å². The number of halogens is 3. The average Bonchev–Trinajstić information content (AvgIpc) is 3.09. The molecule has 0 aromatic heterocycles. The summed E-state index contributed by atoms with van der Waals surface area (Å²) >= 11 is 12.8. The molecule has 5 nitrogen and oxygen atoms in total. The van der Waals surface area contributed by atoms with E-state index in [4.69, 9.17) is 11.6 Å². The maximum atomic E-state index is 13.5. The van der Waals surface area contributed by atoms with Gasteiger partial charge in [0, 0.05) is 32.2 Å². The Labute approximate surface area is 215 Å². The van der Waals surface area contributed by atoms with Gasteiger partial charge in [-0.3, -0.25) is 4.79 Å². The van der Waals surface area contributed by atoms with E-state index in [0.717, 1.165) is 32.2 Å². The Bertz CT molecular complexity index is 1280. The monoisotopic (exact) mass is 610 g/mol. The Kier molecular flexibility index (Phi) is 7.31. The fourth-order valence-electron chi connectivity index (χ4n) is 3.98. The van der Waals surface area contributed by atoms with E-state index in [1.807, 2.05) is 25.1 Å². The highest BCUT2D eigenvalue weighted by molar-refractivity contribution is 9.10. The van der Waals surface area contributed by atoms with Crippen LogP contribution in [0.25, 0.3) is 0 Å². The van der Waals surface area contributed by atoms with E-state index in [2.05, 4.69) is 31.9 Å². The second-order valence-electron chi connectivity index (χ2n) is 7.94. The van der Waals surface area contributed by atoms with Gasteiger partial charge in [0.2, 0.25) is 15.9 Å². The SMILES string of the molecule is CC1Cc2cc(Br)ccc2N1C(=O)CN(Cc1ccc(Cl)cc1)S(=O)(=O)c1ccc(Br)cc1. The summed E-state index contributed by atoms with van der Waals surface area (Å²) in [7, 11) is -3.93. The quantitative estimate of drug-likeness (QED) is 0.342. The Morgan fingerprint density at radius 1 is 1.03 bits per heavy atom. The molecular weight excluding hydrogens is 592 g/mol. The number of rotatable bonds is 6. The summed E-state index contributed by atoms with van der Waals surface area (Å²) in [6.45, 7) is 1.75. The van der Waals surface area contributed by atoms with Crippen molar-refractivity contribution in [1.29, 1.82) is 0 Å². The smallest absolute Gasteiger partial charge is 0.243 e. The maximum Gasteiger partial charge on any atom is 0.243 e.